The van der Waals surface area contributed by atoms with Crippen LogP contribution < -0.4 is 4.52 Å². The van der Waals surface area contributed by atoms with E-state index in [1.54, 1.807) is 33.4 Å². The van der Waals surface area contributed by atoms with E-state index in [-0.39, 0.29) is 70.2 Å². The van der Waals surface area contributed by atoms with Gasteiger partial charge in [-0.3, -0.25) is 0 Å². The van der Waals surface area contributed by atoms with Crippen molar-refractivity contribution in [1.82, 2.24) is 0 Å². The third-order valence-corrected chi connectivity index (χ3v) is 26.7. The molecule has 8 aromatic carbocycles. The van der Waals surface area contributed by atoms with Crippen LogP contribution in [0.15, 0.2) is 0 Å². The van der Waals surface area contributed by atoms with Crippen molar-refractivity contribution in [3.8, 4) is 5.75 Å². The van der Waals surface area contributed by atoms with E-state index in [1.165, 1.54) is 223 Å². The first-order valence-corrected chi connectivity index (χ1v) is 33.4. The molecule has 2 spiro atoms. The number of hydrogen-bond donors (Lipinski definition) is 0. The van der Waals surface area contributed by atoms with Crippen LogP contribution in [0.25, 0.3) is 0 Å². The molecule has 1 radical (unpaired) electrons. The van der Waals surface area contributed by atoms with Gasteiger partial charge < -0.3 is 16.5 Å². The SMILES string of the molecule is Cc1[c-]c2c(c(C)c1C)Cc1c(C)c(C)c(C)c(C)c1C21c2c(C)c(C)c(C)c(C)c2Cc2c(C)c(C)c(C)c(C)c21.Cc1c(C)c(C)c2c(c1C)Cc1c(C)c(C)c(C)c3c1[C@@]21c2c(C)c(C)c(C)c(C)c2Cc2c(C)c(C)c(C)c(c21)OPOC3.[CH3-].[W].[Y]. The molecule has 0 aromatic heterocycles. The molecule has 0 fully saturated rings. The Morgan fingerprint density at radius 1 is 0.267 bits per heavy atom. The number of hydrogen-bond acceptors (Lipinski definition) is 2. The molecule has 2 nitrogen and oxygen atoms in total. The Morgan fingerprint density at radius 3 is 0.856 bits per heavy atom. The molecular weight excluding hydrogens is 1360 g/mol. The summed E-state index contributed by atoms with van der Waals surface area (Å²) >= 11 is 0. The molecule has 0 saturated heterocycles. The van der Waals surface area contributed by atoms with Crippen LogP contribution in [0.4, 0.5) is 0 Å². The van der Waals surface area contributed by atoms with Gasteiger partial charge in [0.15, 0.2) is 0 Å². The molecule has 1 heterocycles. The van der Waals surface area contributed by atoms with Crippen LogP contribution in [-0.2, 0) is 101 Å². The summed E-state index contributed by atoms with van der Waals surface area (Å²) in [5, 5.41) is 0. The van der Waals surface area contributed by atoms with Gasteiger partial charge in [-0.05, 0) is 428 Å². The monoisotopic (exact) mass is 1460 g/mol. The Kier molecular flexibility index (Phi) is 18.6. The molecule has 4 aliphatic carbocycles. The summed E-state index contributed by atoms with van der Waals surface area (Å²) in [7, 11) is -0.0517. The topological polar surface area (TPSA) is 18.5 Å². The van der Waals surface area contributed by atoms with Crippen LogP contribution in [0.1, 0.15) is 256 Å². The smallest absolute Gasteiger partial charge is 0.215 e. The molecule has 469 valence electrons. The molecule has 1 aliphatic heterocycles. The predicted octanol–water partition coefficient (Wildman–Crippen LogP) is 21.4. The fourth-order valence-corrected chi connectivity index (χ4v) is 19.2. The zero-order valence-electron chi connectivity index (χ0n) is 60.8. The fraction of sp³-hybridized carbons (Fsp3) is 0.424. The normalized spacial score (nSPS) is 16.0. The second-order valence-electron chi connectivity index (χ2n) is 28.6. The van der Waals surface area contributed by atoms with Gasteiger partial charge in [-0.15, -0.1) is 11.1 Å². The minimum absolute atomic E-state index is 0. The maximum absolute atomic E-state index is 6.93. The molecule has 0 bridgehead atoms. The zero-order valence-corrected chi connectivity index (χ0v) is 67.6. The fourth-order valence-electron chi connectivity index (χ4n) is 18.6. The quantitative estimate of drug-likeness (QED) is 0.111. The van der Waals surface area contributed by atoms with Crippen LogP contribution in [-0.4, -0.2) is 0 Å². The van der Waals surface area contributed by atoms with Crippen molar-refractivity contribution >= 4 is 9.03 Å². The first-order valence-electron chi connectivity index (χ1n) is 32.6. The maximum atomic E-state index is 6.93. The van der Waals surface area contributed by atoms with Gasteiger partial charge in [0, 0.05) is 64.8 Å². The molecule has 5 aliphatic rings. The van der Waals surface area contributed by atoms with Crippen LogP contribution in [0.2, 0.25) is 0 Å². The molecular formula is C85H101O2PWY-2. The van der Waals surface area contributed by atoms with Crippen LogP contribution in [0.5, 0.6) is 5.75 Å². The third kappa shape index (κ3) is 8.83. The Bertz CT molecular complexity index is 4230. The Labute approximate surface area is 585 Å². The van der Waals surface area contributed by atoms with Gasteiger partial charge in [0.25, 0.3) is 0 Å². The molecule has 13 rings (SSSR count). The Morgan fingerprint density at radius 2 is 0.511 bits per heavy atom. The summed E-state index contributed by atoms with van der Waals surface area (Å²) in [5.41, 5.74) is 65.8. The average molecular weight is 1460 g/mol. The molecule has 0 N–H and O–H groups in total. The average Bonchev–Trinajstić information content (AvgIpc) is 0.741. The molecule has 0 saturated carbocycles. The molecule has 5 heteroatoms. The van der Waals surface area contributed by atoms with E-state index < -0.39 is 10.8 Å². The van der Waals surface area contributed by atoms with Gasteiger partial charge >= 0.3 is 0 Å². The van der Waals surface area contributed by atoms with Gasteiger partial charge in [-0.25, -0.2) is 0 Å². The van der Waals surface area contributed by atoms with Crippen LogP contribution in [0, 0.1) is 214 Å². The zero-order chi connectivity index (χ0) is 63.5. The second kappa shape index (κ2) is 23.9. The standard InChI is InChI=1S/C42H49O2P.C42H49.CH3.W.Y/c1-18-20(3)29(12)37-32(24(18)7)15-34-26(9)22(5)28(11)36-17-43-45-44-41-31(14)23(6)27(10)35-16-33-25(8)19(2)21(4)30(13)38(33)42(37,39(34)36)40(35)41;1-19-16-38-34(27(9)20(19)2)17-35-28(10)21(3)24(6)31(13)39(35)42(38)40-32(14)25(7)22(4)29(11)36(40)18-37-30(12)23(5)26(8)33(15)41(37)42;;;/h45H,15-17H2,1-14H3;17-18H2,1-15H3;1H3;;/q;2*-1;;/t42-;;;;/m0..../s1. The van der Waals surface area contributed by atoms with E-state index in [4.69, 9.17) is 9.05 Å². The summed E-state index contributed by atoms with van der Waals surface area (Å²) in [4.78, 5) is 0. The van der Waals surface area contributed by atoms with Gasteiger partial charge in [0.2, 0.25) is 9.03 Å². The van der Waals surface area contributed by atoms with Crippen LogP contribution in [0.3, 0.4) is 0 Å². The molecule has 0 amide bonds. The first-order chi connectivity index (χ1) is 40.8. The molecule has 8 aromatic rings. The van der Waals surface area contributed by atoms with Crippen molar-refractivity contribution in [3.05, 3.63) is 269 Å². The van der Waals surface area contributed by atoms with Crippen molar-refractivity contribution in [1.29, 1.82) is 0 Å². The van der Waals surface area contributed by atoms with E-state index in [0.717, 1.165) is 31.4 Å². The van der Waals surface area contributed by atoms with E-state index in [2.05, 4.69) is 207 Å². The van der Waals surface area contributed by atoms with Crippen molar-refractivity contribution < 1.29 is 62.8 Å². The minimum Gasteiger partial charge on any atom is -0.449 e. The van der Waals surface area contributed by atoms with Crippen molar-refractivity contribution in [2.45, 2.75) is 244 Å². The summed E-state index contributed by atoms with van der Waals surface area (Å²) in [6.45, 7) is 68.9. The van der Waals surface area contributed by atoms with Crippen molar-refractivity contribution in [2.75, 3.05) is 0 Å². The number of aryl methyl sites for hydroxylation is 1. The van der Waals surface area contributed by atoms with E-state index >= 15 is 0 Å². The second-order valence-corrected chi connectivity index (χ2v) is 29.2. The number of fused-ring (bicyclic) bond motifs is 10. The third-order valence-electron chi connectivity index (χ3n) is 26.2. The molecule has 2 atom stereocenters. The van der Waals surface area contributed by atoms with E-state index in [1.807, 2.05) is 0 Å². The summed E-state index contributed by atoms with van der Waals surface area (Å²) in [6, 6.07) is 4.16. The van der Waals surface area contributed by atoms with Gasteiger partial charge in [-0.2, -0.15) is 22.8 Å². The number of rotatable bonds is 0. The first kappa shape index (κ1) is 70.1. The van der Waals surface area contributed by atoms with Crippen molar-refractivity contribution in [3.63, 3.8) is 0 Å². The van der Waals surface area contributed by atoms with Gasteiger partial charge in [0.1, 0.15) is 5.75 Å². The molecule has 90 heavy (non-hydrogen) atoms. The summed E-state index contributed by atoms with van der Waals surface area (Å²) < 4.78 is 13.5. The van der Waals surface area contributed by atoms with Crippen LogP contribution >= 0.6 is 9.03 Å². The largest absolute Gasteiger partial charge is 0.449 e. The summed E-state index contributed by atoms with van der Waals surface area (Å²) in [5.74, 6) is 1.05. The summed E-state index contributed by atoms with van der Waals surface area (Å²) in [6.07, 6.45) is 3.88. The Balaban J connectivity index is 0.000000207. The van der Waals surface area contributed by atoms with E-state index in [9.17, 15) is 0 Å². The minimum atomic E-state index is -0.512. The van der Waals surface area contributed by atoms with Crippen molar-refractivity contribution in [2.24, 2.45) is 0 Å². The molecule has 1 unspecified atom stereocenters. The predicted molar refractivity (Wildman–Crippen MR) is 377 cm³/mol. The number of benzene rings is 8. The Hall–Kier alpha value is -4.26. The van der Waals surface area contributed by atoms with Gasteiger partial charge in [0.05, 0.1) is 12.0 Å². The van der Waals surface area contributed by atoms with E-state index in [0.29, 0.717) is 6.61 Å². The van der Waals surface area contributed by atoms with Gasteiger partial charge in [-0.1, -0.05) is 20.8 Å². The maximum Gasteiger partial charge on any atom is 0.215 e.